The first-order valence-electron chi connectivity index (χ1n) is 7.54. The van der Waals surface area contributed by atoms with E-state index < -0.39 is 17.5 Å². The molecule has 2 rings (SSSR count). The Morgan fingerprint density at radius 2 is 1.91 bits per heavy atom. The van der Waals surface area contributed by atoms with Gasteiger partial charge in [-0.15, -0.1) is 12.4 Å². The van der Waals surface area contributed by atoms with E-state index >= 15 is 0 Å². The number of rotatable bonds is 5. The maximum absolute atomic E-state index is 12.5. The zero-order chi connectivity index (χ0) is 16.2. The molecule has 2 amide bonds. The van der Waals surface area contributed by atoms with E-state index in [0.717, 1.165) is 24.8 Å². The summed E-state index contributed by atoms with van der Waals surface area (Å²) in [5, 5.41) is 3.42. The summed E-state index contributed by atoms with van der Waals surface area (Å²) in [4.78, 5) is 23.9. The van der Waals surface area contributed by atoms with Gasteiger partial charge in [0.05, 0.1) is 18.0 Å². The molecule has 128 valence electrons. The van der Waals surface area contributed by atoms with Crippen molar-refractivity contribution in [2.75, 3.05) is 0 Å². The number of nitrogens with two attached hydrogens (primary N) is 2. The van der Waals surface area contributed by atoms with Crippen LogP contribution in [0.4, 0.5) is 0 Å². The van der Waals surface area contributed by atoms with Crippen molar-refractivity contribution in [3.8, 4) is 0 Å². The van der Waals surface area contributed by atoms with Gasteiger partial charge in [-0.25, -0.2) is 0 Å². The van der Waals surface area contributed by atoms with E-state index in [4.69, 9.17) is 23.1 Å². The Kier molecular flexibility index (Phi) is 7.32. The zero-order valence-corrected chi connectivity index (χ0v) is 14.5. The number of amides is 2. The molecule has 1 aromatic carbocycles. The topological polar surface area (TPSA) is 98.2 Å². The van der Waals surface area contributed by atoms with Gasteiger partial charge in [0.1, 0.15) is 0 Å². The first-order valence-corrected chi connectivity index (χ1v) is 7.92. The lowest BCUT2D eigenvalue weighted by Crippen LogP contribution is -2.55. The Morgan fingerprint density at radius 3 is 2.48 bits per heavy atom. The molecule has 5 N–H and O–H groups in total. The van der Waals surface area contributed by atoms with Crippen molar-refractivity contribution in [1.82, 2.24) is 5.32 Å². The summed E-state index contributed by atoms with van der Waals surface area (Å²) in [5.74, 6) is -0.710. The van der Waals surface area contributed by atoms with Crippen molar-refractivity contribution in [2.45, 2.75) is 50.1 Å². The van der Waals surface area contributed by atoms with E-state index in [2.05, 4.69) is 5.32 Å². The van der Waals surface area contributed by atoms with E-state index in [-0.39, 0.29) is 24.7 Å². The van der Waals surface area contributed by atoms with Gasteiger partial charge < -0.3 is 16.8 Å². The maximum Gasteiger partial charge on any atom is 0.240 e. The number of carbonyl (C=O) groups excluding carboxylic acids is 2. The number of hydrogen-bond donors (Lipinski definition) is 3. The van der Waals surface area contributed by atoms with Crippen LogP contribution in [0.2, 0.25) is 5.02 Å². The summed E-state index contributed by atoms with van der Waals surface area (Å²) in [6.45, 7) is 0. The van der Waals surface area contributed by atoms with Gasteiger partial charge in [-0.05, 0) is 30.5 Å². The lowest BCUT2D eigenvalue weighted by Gasteiger charge is -2.33. The van der Waals surface area contributed by atoms with Crippen LogP contribution in [0.5, 0.6) is 0 Å². The average molecular weight is 360 g/mol. The van der Waals surface area contributed by atoms with Crippen LogP contribution in [-0.4, -0.2) is 17.4 Å². The quantitative estimate of drug-likeness (QED) is 0.752. The molecule has 0 saturated heterocycles. The van der Waals surface area contributed by atoms with Gasteiger partial charge in [0.25, 0.3) is 0 Å². The molecule has 0 bridgehead atoms. The van der Waals surface area contributed by atoms with E-state index in [1.807, 2.05) is 6.07 Å². The minimum absolute atomic E-state index is 0. The summed E-state index contributed by atoms with van der Waals surface area (Å²) in [5.41, 5.74) is 11.4. The third-order valence-corrected chi connectivity index (χ3v) is 4.39. The van der Waals surface area contributed by atoms with Crippen molar-refractivity contribution in [2.24, 2.45) is 11.5 Å². The molecule has 1 aliphatic rings. The highest BCUT2D eigenvalue weighted by Crippen LogP contribution is 2.28. The van der Waals surface area contributed by atoms with Crippen LogP contribution in [-0.2, 0) is 9.59 Å². The van der Waals surface area contributed by atoms with Crippen molar-refractivity contribution >= 4 is 35.8 Å². The monoisotopic (exact) mass is 359 g/mol. The SMILES string of the molecule is Cl.NC(=O)C[C@@H](NC(=O)C1(N)CCCCC1)c1cccc(Cl)c1. The summed E-state index contributed by atoms with van der Waals surface area (Å²) < 4.78 is 0. The van der Waals surface area contributed by atoms with Crippen molar-refractivity contribution < 1.29 is 9.59 Å². The highest BCUT2D eigenvalue weighted by Gasteiger charge is 2.36. The third-order valence-electron chi connectivity index (χ3n) is 4.16. The van der Waals surface area contributed by atoms with Gasteiger partial charge in [0, 0.05) is 5.02 Å². The molecule has 1 aliphatic carbocycles. The number of carbonyl (C=O) groups is 2. The molecule has 0 spiro atoms. The van der Waals surface area contributed by atoms with Crippen LogP contribution in [0, 0.1) is 0 Å². The molecule has 5 nitrogen and oxygen atoms in total. The van der Waals surface area contributed by atoms with Crippen LogP contribution >= 0.6 is 24.0 Å². The average Bonchev–Trinajstić information content (AvgIpc) is 2.47. The minimum atomic E-state index is -0.854. The fourth-order valence-electron chi connectivity index (χ4n) is 2.89. The molecule has 0 unspecified atom stereocenters. The van der Waals surface area contributed by atoms with Crippen molar-refractivity contribution in [3.63, 3.8) is 0 Å². The van der Waals surface area contributed by atoms with E-state index in [9.17, 15) is 9.59 Å². The smallest absolute Gasteiger partial charge is 0.240 e. The normalized spacial score (nSPS) is 17.7. The van der Waals surface area contributed by atoms with Gasteiger partial charge in [-0.1, -0.05) is 43.0 Å². The second-order valence-corrected chi connectivity index (χ2v) is 6.40. The second-order valence-electron chi connectivity index (χ2n) is 5.97. The van der Waals surface area contributed by atoms with E-state index in [1.54, 1.807) is 18.2 Å². The van der Waals surface area contributed by atoms with Gasteiger partial charge >= 0.3 is 0 Å². The molecule has 0 aromatic heterocycles. The predicted molar refractivity (Wildman–Crippen MR) is 93.4 cm³/mol. The fourth-order valence-corrected chi connectivity index (χ4v) is 3.09. The molecule has 7 heteroatoms. The highest BCUT2D eigenvalue weighted by molar-refractivity contribution is 6.30. The minimum Gasteiger partial charge on any atom is -0.370 e. The first kappa shape index (κ1) is 19.7. The Hall–Kier alpha value is -1.30. The summed E-state index contributed by atoms with van der Waals surface area (Å²) in [6, 6.07) is 6.53. The van der Waals surface area contributed by atoms with Crippen LogP contribution in [0.1, 0.15) is 50.1 Å². The Balaban J connectivity index is 0.00000264. The lowest BCUT2D eigenvalue weighted by molar-refractivity contribution is -0.128. The van der Waals surface area contributed by atoms with Gasteiger partial charge in [-0.2, -0.15) is 0 Å². The van der Waals surface area contributed by atoms with Gasteiger partial charge in [0.2, 0.25) is 11.8 Å². The molecule has 0 aliphatic heterocycles. The summed E-state index contributed by atoms with van der Waals surface area (Å²) in [7, 11) is 0. The van der Waals surface area contributed by atoms with Crippen LogP contribution in [0.25, 0.3) is 0 Å². The standard InChI is InChI=1S/C16H22ClN3O2.ClH/c17-12-6-4-5-11(9-12)13(10-14(18)21)20-15(22)16(19)7-2-1-3-8-16;/h4-6,9,13H,1-3,7-8,10,19H2,(H2,18,21)(H,20,22);1H/t13-;/m1./s1. The van der Waals surface area contributed by atoms with Crippen LogP contribution < -0.4 is 16.8 Å². The van der Waals surface area contributed by atoms with E-state index in [1.165, 1.54) is 0 Å². The summed E-state index contributed by atoms with van der Waals surface area (Å²) >= 11 is 5.98. The molecule has 0 radical (unpaired) electrons. The largest absolute Gasteiger partial charge is 0.370 e. The zero-order valence-electron chi connectivity index (χ0n) is 12.9. The van der Waals surface area contributed by atoms with Crippen molar-refractivity contribution in [3.05, 3.63) is 34.9 Å². The first-order chi connectivity index (χ1) is 10.4. The molecule has 0 heterocycles. The lowest BCUT2D eigenvalue weighted by atomic mass is 9.81. The number of halogens is 2. The molecule has 1 saturated carbocycles. The van der Waals surface area contributed by atoms with E-state index in [0.29, 0.717) is 17.9 Å². The number of primary amides is 1. The molecule has 23 heavy (non-hydrogen) atoms. The molecular weight excluding hydrogens is 337 g/mol. The Bertz CT molecular complexity index is 560. The number of benzene rings is 1. The second kappa shape index (κ2) is 8.52. The number of nitrogens with one attached hydrogen (secondary N) is 1. The molecule has 1 aromatic rings. The van der Waals surface area contributed by atoms with Gasteiger partial charge in [-0.3, -0.25) is 9.59 Å². The van der Waals surface area contributed by atoms with Gasteiger partial charge in [0.15, 0.2) is 0 Å². The number of hydrogen-bond acceptors (Lipinski definition) is 3. The van der Waals surface area contributed by atoms with Crippen molar-refractivity contribution in [1.29, 1.82) is 0 Å². The van der Waals surface area contributed by atoms with Crippen LogP contribution in [0.15, 0.2) is 24.3 Å². The fraction of sp³-hybridized carbons (Fsp3) is 0.500. The summed E-state index contributed by atoms with van der Waals surface area (Å²) in [6.07, 6.45) is 4.34. The molecular formula is C16H23Cl2N3O2. The molecule has 1 fully saturated rings. The van der Waals surface area contributed by atoms with Crippen LogP contribution in [0.3, 0.4) is 0 Å². The Morgan fingerprint density at radius 1 is 1.26 bits per heavy atom. The predicted octanol–water partition coefficient (Wildman–Crippen LogP) is 2.46. The maximum atomic E-state index is 12.5. The third kappa shape index (κ3) is 5.37. The highest BCUT2D eigenvalue weighted by atomic mass is 35.5. The molecule has 1 atom stereocenters. The Labute approximate surface area is 147 Å².